The fourth-order valence-corrected chi connectivity index (χ4v) is 3.02. The van der Waals surface area contributed by atoms with Crippen LogP contribution < -0.4 is 5.56 Å². The van der Waals surface area contributed by atoms with Crippen LogP contribution >= 0.6 is 11.8 Å². The van der Waals surface area contributed by atoms with E-state index >= 15 is 0 Å². The van der Waals surface area contributed by atoms with Crippen molar-refractivity contribution in [2.24, 2.45) is 0 Å². The van der Waals surface area contributed by atoms with Crippen molar-refractivity contribution in [3.63, 3.8) is 0 Å². The van der Waals surface area contributed by atoms with Gasteiger partial charge >= 0.3 is 0 Å². The molecule has 0 radical (unpaired) electrons. The lowest BCUT2D eigenvalue weighted by atomic mass is 10.2. The average molecular weight is 332 g/mol. The maximum atomic E-state index is 12.8. The van der Waals surface area contributed by atoms with Crippen LogP contribution in [-0.2, 0) is 0 Å². The zero-order valence-electron chi connectivity index (χ0n) is 12.4. The number of fused-ring (bicyclic) bond motifs is 1. The summed E-state index contributed by atoms with van der Waals surface area (Å²) in [7, 11) is 0. The number of aromatic nitrogens is 2. The van der Waals surface area contributed by atoms with Crippen molar-refractivity contribution >= 4 is 22.7 Å². The van der Waals surface area contributed by atoms with Crippen molar-refractivity contribution in [2.45, 2.75) is 18.5 Å². The lowest BCUT2D eigenvalue weighted by molar-refractivity contribution is 0.176. The number of hydrogen-bond donors (Lipinski definition) is 0. The molecule has 2 aromatic carbocycles. The topological polar surface area (TPSA) is 34.9 Å². The SMILES string of the molecule is Cc1ccc(-n2c(SCC(F)F)nc3ccccc3c2=O)cc1. The number of aryl methyl sites for hydroxylation is 1. The highest BCUT2D eigenvalue weighted by Crippen LogP contribution is 2.23. The van der Waals surface area contributed by atoms with Crippen molar-refractivity contribution in [1.29, 1.82) is 0 Å². The minimum atomic E-state index is -2.46. The monoisotopic (exact) mass is 332 g/mol. The summed E-state index contributed by atoms with van der Waals surface area (Å²) >= 11 is 0.885. The van der Waals surface area contributed by atoms with E-state index in [2.05, 4.69) is 4.98 Å². The number of hydrogen-bond acceptors (Lipinski definition) is 3. The van der Waals surface area contributed by atoms with Gasteiger partial charge in [-0.2, -0.15) is 0 Å². The molecule has 0 aliphatic heterocycles. The molecule has 0 aliphatic rings. The molecule has 0 fully saturated rings. The lowest BCUT2D eigenvalue weighted by Gasteiger charge is -2.13. The van der Waals surface area contributed by atoms with Gasteiger partial charge in [-0.05, 0) is 31.2 Å². The molecule has 23 heavy (non-hydrogen) atoms. The summed E-state index contributed by atoms with van der Waals surface area (Å²) in [6, 6.07) is 14.3. The Kier molecular flexibility index (Phi) is 4.43. The molecular weight excluding hydrogens is 318 g/mol. The maximum Gasteiger partial charge on any atom is 0.266 e. The highest BCUT2D eigenvalue weighted by atomic mass is 32.2. The minimum absolute atomic E-state index is 0.254. The summed E-state index contributed by atoms with van der Waals surface area (Å²) < 4.78 is 26.6. The van der Waals surface area contributed by atoms with E-state index in [-0.39, 0.29) is 10.7 Å². The van der Waals surface area contributed by atoms with Crippen molar-refractivity contribution < 1.29 is 8.78 Å². The second kappa shape index (κ2) is 6.50. The van der Waals surface area contributed by atoms with Crippen LogP contribution in [-0.4, -0.2) is 21.7 Å². The van der Waals surface area contributed by atoms with Gasteiger partial charge in [0, 0.05) is 0 Å². The van der Waals surface area contributed by atoms with Crippen LogP contribution in [0.2, 0.25) is 0 Å². The first kappa shape index (κ1) is 15.7. The van der Waals surface area contributed by atoms with Gasteiger partial charge in [0.1, 0.15) is 0 Å². The Morgan fingerprint density at radius 1 is 1.13 bits per heavy atom. The third kappa shape index (κ3) is 3.27. The molecule has 0 spiro atoms. The number of rotatable bonds is 4. The largest absolute Gasteiger partial charge is 0.268 e. The third-order valence-corrected chi connectivity index (χ3v) is 4.33. The lowest BCUT2D eigenvalue weighted by Crippen LogP contribution is -2.22. The summed E-state index contributed by atoms with van der Waals surface area (Å²) in [6.07, 6.45) is -2.46. The normalized spacial score (nSPS) is 11.3. The van der Waals surface area contributed by atoms with Crippen molar-refractivity contribution in [3.8, 4) is 5.69 Å². The van der Waals surface area contributed by atoms with Gasteiger partial charge in [0.15, 0.2) is 5.16 Å². The molecule has 0 unspecified atom stereocenters. The zero-order chi connectivity index (χ0) is 16.4. The van der Waals surface area contributed by atoms with E-state index in [1.54, 1.807) is 36.4 Å². The maximum absolute atomic E-state index is 12.8. The van der Waals surface area contributed by atoms with Crippen LogP contribution in [0.5, 0.6) is 0 Å². The van der Waals surface area contributed by atoms with E-state index in [0.29, 0.717) is 16.6 Å². The van der Waals surface area contributed by atoms with Crippen LogP contribution in [0.1, 0.15) is 5.56 Å². The molecule has 0 N–H and O–H groups in total. The molecule has 1 aromatic heterocycles. The van der Waals surface area contributed by atoms with Gasteiger partial charge in [-0.25, -0.2) is 13.8 Å². The minimum Gasteiger partial charge on any atom is -0.268 e. The van der Waals surface area contributed by atoms with E-state index in [1.807, 2.05) is 19.1 Å². The quantitative estimate of drug-likeness (QED) is 0.534. The summed E-state index contributed by atoms with van der Waals surface area (Å²) in [5.41, 5.74) is 1.93. The van der Waals surface area contributed by atoms with Crippen molar-refractivity contribution in [2.75, 3.05) is 5.75 Å². The number of halogens is 2. The van der Waals surface area contributed by atoms with Crippen LogP contribution in [0.25, 0.3) is 16.6 Å². The molecule has 3 aromatic rings. The second-order valence-corrected chi connectivity index (χ2v) is 6.08. The third-order valence-electron chi connectivity index (χ3n) is 3.38. The highest BCUT2D eigenvalue weighted by molar-refractivity contribution is 7.99. The summed E-state index contributed by atoms with van der Waals surface area (Å²) in [5.74, 6) is -0.406. The van der Waals surface area contributed by atoms with Gasteiger partial charge in [-0.3, -0.25) is 9.36 Å². The Bertz CT molecular complexity index is 891. The van der Waals surface area contributed by atoms with Gasteiger partial charge in [0.2, 0.25) is 6.43 Å². The summed E-state index contributed by atoms with van der Waals surface area (Å²) in [4.78, 5) is 17.2. The standard InChI is InChI=1S/C17H14F2N2OS/c1-11-6-8-12(9-7-11)21-16(22)13-4-2-3-5-14(13)20-17(21)23-10-15(18)19/h2-9,15H,10H2,1H3. The molecule has 118 valence electrons. The Hall–Kier alpha value is -2.21. The molecule has 0 atom stereocenters. The molecule has 0 aliphatic carbocycles. The molecule has 0 bridgehead atoms. The zero-order valence-corrected chi connectivity index (χ0v) is 13.2. The molecule has 3 rings (SSSR count). The Labute approximate surface area is 136 Å². The molecule has 1 heterocycles. The number of alkyl halides is 2. The highest BCUT2D eigenvalue weighted by Gasteiger charge is 2.15. The fraction of sp³-hybridized carbons (Fsp3) is 0.176. The van der Waals surface area contributed by atoms with Crippen LogP contribution in [0.3, 0.4) is 0 Å². The van der Waals surface area contributed by atoms with Crippen LogP contribution in [0.4, 0.5) is 8.78 Å². The van der Waals surface area contributed by atoms with E-state index in [4.69, 9.17) is 0 Å². The molecule has 0 saturated heterocycles. The molecular formula is C17H14F2N2OS. The predicted molar refractivity (Wildman–Crippen MR) is 88.8 cm³/mol. The molecule has 3 nitrogen and oxygen atoms in total. The van der Waals surface area contributed by atoms with Gasteiger partial charge < -0.3 is 0 Å². The van der Waals surface area contributed by atoms with Gasteiger partial charge in [0.25, 0.3) is 5.56 Å². The second-order valence-electron chi connectivity index (χ2n) is 5.09. The van der Waals surface area contributed by atoms with E-state index in [1.165, 1.54) is 4.57 Å². The molecule has 0 saturated carbocycles. The van der Waals surface area contributed by atoms with E-state index < -0.39 is 12.2 Å². The van der Waals surface area contributed by atoms with Crippen LogP contribution in [0, 0.1) is 6.92 Å². The Balaban J connectivity index is 2.23. The average Bonchev–Trinajstić information content (AvgIpc) is 2.54. The Morgan fingerprint density at radius 2 is 1.83 bits per heavy atom. The first-order chi connectivity index (χ1) is 11.1. The van der Waals surface area contributed by atoms with Crippen LogP contribution in [0.15, 0.2) is 58.5 Å². The summed E-state index contributed by atoms with van der Waals surface area (Å²) in [6.45, 7) is 1.94. The predicted octanol–water partition coefficient (Wildman–Crippen LogP) is 4.05. The first-order valence-corrected chi connectivity index (χ1v) is 8.04. The van der Waals surface area contributed by atoms with Crippen molar-refractivity contribution in [1.82, 2.24) is 9.55 Å². The number of benzene rings is 2. The number of nitrogens with zero attached hydrogens (tertiary/aromatic N) is 2. The van der Waals surface area contributed by atoms with E-state index in [9.17, 15) is 13.6 Å². The van der Waals surface area contributed by atoms with Gasteiger partial charge in [0.05, 0.1) is 22.3 Å². The Morgan fingerprint density at radius 3 is 2.52 bits per heavy atom. The summed E-state index contributed by atoms with van der Waals surface area (Å²) in [5, 5.41) is 0.743. The smallest absolute Gasteiger partial charge is 0.266 e. The van der Waals surface area contributed by atoms with Gasteiger partial charge in [-0.1, -0.05) is 41.6 Å². The van der Waals surface area contributed by atoms with Gasteiger partial charge in [-0.15, -0.1) is 0 Å². The molecule has 0 amide bonds. The van der Waals surface area contributed by atoms with E-state index in [0.717, 1.165) is 17.3 Å². The van der Waals surface area contributed by atoms with Crippen molar-refractivity contribution in [3.05, 3.63) is 64.4 Å². The number of para-hydroxylation sites is 1. The fourth-order valence-electron chi connectivity index (χ4n) is 2.27. The first-order valence-electron chi connectivity index (χ1n) is 7.06. The number of thioether (sulfide) groups is 1. The molecule has 6 heteroatoms.